The summed E-state index contributed by atoms with van der Waals surface area (Å²) >= 11 is 0. The van der Waals surface area contributed by atoms with E-state index in [-0.39, 0.29) is 69.2 Å². The summed E-state index contributed by atoms with van der Waals surface area (Å²) in [5.74, 6) is 1.54. The van der Waals surface area contributed by atoms with E-state index in [0.29, 0.717) is 59.5 Å². The molecule has 4 amide bonds. The van der Waals surface area contributed by atoms with Crippen LogP contribution in [-0.2, 0) is 20.9 Å². The summed E-state index contributed by atoms with van der Waals surface area (Å²) in [4.78, 5) is 69.1. The molecule has 0 saturated carbocycles. The zero-order valence-electron chi connectivity index (χ0n) is 28.9. The summed E-state index contributed by atoms with van der Waals surface area (Å²) in [7, 11) is 4.62. The van der Waals surface area contributed by atoms with E-state index < -0.39 is 12.0 Å². The number of hydrogen-bond donors (Lipinski definition) is 1. The van der Waals surface area contributed by atoms with E-state index in [4.69, 9.17) is 28.3 Å². The van der Waals surface area contributed by atoms with E-state index in [1.807, 2.05) is 6.07 Å². The molecule has 2 fully saturated rings. The van der Waals surface area contributed by atoms with Gasteiger partial charge in [0.1, 0.15) is 25.2 Å². The van der Waals surface area contributed by atoms with Crippen LogP contribution in [0.1, 0.15) is 41.2 Å². The summed E-state index contributed by atoms with van der Waals surface area (Å²) in [5, 5.41) is 3.72. The van der Waals surface area contributed by atoms with Gasteiger partial charge in [-0.05, 0) is 24.8 Å². The third-order valence-corrected chi connectivity index (χ3v) is 9.34. The monoisotopic (exact) mass is 693 g/mol. The number of piperidine rings is 1. The highest BCUT2D eigenvalue weighted by atomic mass is 16.6. The minimum Gasteiger partial charge on any atom is -0.493 e. The van der Waals surface area contributed by atoms with Gasteiger partial charge in [-0.25, -0.2) is 14.8 Å². The van der Waals surface area contributed by atoms with Crippen molar-refractivity contribution in [2.24, 2.45) is 5.92 Å². The first kappa shape index (κ1) is 34.6. The average molecular weight is 694 g/mol. The summed E-state index contributed by atoms with van der Waals surface area (Å²) in [6.07, 6.45) is 2.61. The van der Waals surface area contributed by atoms with Crippen LogP contribution in [0, 0.1) is 12.8 Å². The predicted octanol–water partition coefficient (Wildman–Crippen LogP) is 2.22. The van der Waals surface area contributed by atoms with E-state index in [1.54, 1.807) is 32.1 Å². The largest absolute Gasteiger partial charge is 0.493 e. The van der Waals surface area contributed by atoms with Crippen LogP contribution in [0.3, 0.4) is 0 Å². The molecule has 2 aromatic heterocycles. The van der Waals surface area contributed by atoms with Crippen LogP contribution in [0.4, 0.5) is 10.6 Å². The number of ether oxygens (including phenoxy) is 4. The Bertz CT molecular complexity index is 1760. The third-order valence-electron chi connectivity index (χ3n) is 9.34. The summed E-state index contributed by atoms with van der Waals surface area (Å²) in [6, 6.07) is 3.75. The molecular weight excluding hydrogens is 650 g/mol. The van der Waals surface area contributed by atoms with Crippen molar-refractivity contribution in [3.63, 3.8) is 0 Å². The molecule has 1 N–H and O–H groups in total. The number of hydrogen-bond acceptors (Lipinski definition) is 12. The summed E-state index contributed by atoms with van der Waals surface area (Å²) in [5.41, 5.74) is 1.46. The standard InChI is InChI=1S/C34H43N7O9/c1-21-36-26(20-50-21)33(44)38-9-7-28(42)35-16-22-6-5-8-40(17-22)32-23(18-39(11-10-38)29(43)19-41-12-13-49-34(41)45)14-24-25(37-32)15-27(46-2)31(48-4)30(24)47-3/h14-15,20,22H,5-13,16-19H2,1-4H3,(H,35,42). The van der Waals surface area contributed by atoms with Crippen LogP contribution in [0.5, 0.6) is 17.2 Å². The van der Waals surface area contributed by atoms with Gasteiger partial charge in [-0.2, -0.15) is 0 Å². The highest BCUT2D eigenvalue weighted by Gasteiger charge is 2.31. The smallest absolute Gasteiger partial charge is 0.410 e. The van der Waals surface area contributed by atoms with Crippen LogP contribution in [0.2, 0.25) is 0 Å². The van der Waals surface area contributed by atoms with Crippen molar-refractivity contribution < 1.29 is 42.5 Å². The maximum atomic E-state index is 14.1. The normalized spacial score (nSPS) is 18.9. The van der Waals surface area contributed by atoms with Crippen LogP contribution >= 0.6 is 0 Å². The number of fused-ring (bicyclic) bond motifs is 5. The van der Waals surface area contributed by atoms with Gasteiger partial charge in [-0.3, -0.25) is 19.3 Å². The summed E-state index contributed by atoms with van der Waals surface area (Å²) in [6.45, 7) is 4.18. The zero-order valence-corrected chi connectivity index (χ0v) is 28.9. The Labute approximate surface area is 289 Å². The van der Waals surface area contributed by atoms with Crippen molar-refractivity contribution in [3.05, 3.63) is 35.5 Å². The van der Waals surface area contributed by atoms with Crippen molar-refractivity contribution in [3.8, 4) is 17.2 Å². The zero-order chi connectivity index (χ0) is 35.4. The number of nitrogens with zero attached hydrogens (tertiary/aromatic N) is 6. The lowest BCUT2D eigenvalue weighted by Gasteiger charge is -2.36. The Balaban J connectivity index is 1.44. The van der Waals surface area contributed by atoms with Crippen LogP contribution < -0.4 is 24.4 Å². The fraction of sp³-hybridized carbons (Fsp3) is 0.529. The van der Waals surface area contributed by atoms with Gasteiger partial charge in [0.05, 0.1) is 33.4 Å². The average Bonchev–Trinajstić information content (AvgIpc) is 3.75. The van der Waals surface area contributed by atoms with Crippen molar-refractivity contribution >= 4 is 40.5 Å². The first-order chi connectivity index (χ1) is 24.2. The maximum absolute atomic E-state index is 14.1. The maximum Gasteiger partial charge on any atom is 0.410 e. The predicted molar refractivity (Wildman–Crippen MR) is 179 cm³/mol. The fourth-order valence-electron chi connectivity index (χ4n) is 6.73. The molecule has 50 heavy (non-hydrogen) atoms. The molecule has 0 aliphatic carbocycles. The fourth-order valence-corrected chi connectivity index (χ4v) is 6.73. The van der Waals surface area contributed by atoms with Crippen molar-refractivity contribution in [1.29, 1.82) is 0 Å². The minimum absolute atomic E-state index is 0.0726. The molecule has 16 heteroatoms. The van der Waals surface area contributed by atoms with Gasteiger partial charge in [0, 0.05) is 76.2 Å². The van der Waals surface area contributed by atoms with Crippen molar-refractivity contribution in [2.45, 2.75) is 32.7 Å². The lowest BCUT2D eigenvalue weighted by Crippen LogP contribution is -2.45. The Morgan fingerprint density at radius 3 is 2.48 bits per heavy atom. The number of benzene rings is 1. The Hall–Kier alpha value is -5.28. The molecule has 1 unspecified atom stereocenters. The number of nitrogens with one attached hydrogen (secondary N) is 1. The number of carbonyl (C=O) groups is 4. The van der Waals surface area contributed by atoms with Crippen LogP contribution in [-0.4, -0.2) is 129 Å². The lowest BCUT2D eigenvalue weighted by molar-refractivity contribution is -0.132. The van der Waals surface area contributed by atoms with E-state index in [9.17, 15) is 19.2 Å². The third kappa shape index (κ3) is 7.33. The molecular formula is C34H43N7O9. The molecule has 268 valence electrons. The van der Waals surface area contributed by atoms with E-state index in [2.05, 4.69) is 15.2 Å². The number of methoxy groups -OCH3 is 3. The number of aryl methyl sites for hydroxylation is 1. The van der Waals surface area contributed by atoms with E-state index in [1.165, 1.54) is 23.2 Å². The number of anilines is 1. The Morgan fingerprint density at radius 1 is 0.980 bits per heavy atom. The highest BCUT2D eigenvalue weighted by Crippen LogP contribution is 2.44. The van der Waals surface area contributed by atoms with E-state index in [0.717, 1.165) is 24.9 Å². The molecule has 3 aliphatic heterocycles. The molecule has 5 heterocycles. The molecule has 0 spiro atoms. The molecule has 1 atom stereocenters. The van der Waals surface area contributed by atoms with E-state index >= 15 is 0 Å². The van der Waals surface area contributed by atoms with Crippen LogP contribution in [0.25, 0.3) is 10.9 Å². The molecule has 3 aromatic rings. The van der Waals surface area contributed by atoms with Gasteiger partial charge in [0.25, 0.3) is 5.91 Å². The van der Waals surface area contributed by atoms with Crippen molar-refractivity contribution in [2.75, 3.05) is 85.2 Å². The second-order valence-electron chi connectivity index (χ2n) is 12.6. The molecule has 2 bridgehead atoms. The number of pyridine rings is 1. The Kier molecular flexibility index (Phi) is 10.4. The lowest BCUT2D eigenvalue weighted by atomic mass is 9.97. The first-order valence-corrected chi connectivity index (χ1v) is 16.7. The second kappa shape index (κ2) is 15.1. The number of oxazole rings is 1. The highest BCUT2D eigenvalue weighted by molar-refractivity contribution is 5.93. The van der Waals surface area contributed by atoms with Gasteiger partial charge >= 0.3 is 6.09 Å². The van der Waals surface area contributed by atoms with Gasteiger partial charge in [0.2, 0.25) is 17.6 Å². The first-order valence-electron chi connectivity index (χ1n) is 16.7. The second-order valence-corrected chi connectivity index (χ2v) is 12.6. The molecule has 16 nitrogen and oxygen atoms in total. The number of amides is 4. The number of cyclic esters (lactones) is 1. The van der Waals surface area contributed by atoms with Gasteiger partial charge in [-0.1, -0.05) is 0 Å². The summed E-state index contributed by atoms with van der Waals surface area (Å²) < 4.78 is 27.5. The van der Waals surface area contributed by atoms with Crippen LogP contribution in [0.15, 0.2) is 22.8 Å². The molecule has 2 saturated heterocycles. The molecule has 6 rings (SSSR count). The quantitative estimate of drug-likeness (QED) is 0.400. The minimum atomic E-state index is -0.556. The number of carbonyl (C=O) groups excluding carboxylic acids is 4. The Morgan fingerprint density at radius 2 is 1.78 bits per heavy atom. The topological polar surface area (TPSA) is 169 Å². The molecule has 1 aromatic carbocycles. The van der Waals surface area contributed by atoms with Gasteiger partial charge in [-0.15, -0.1) is 0 Å². The number of rotatable bonds is 6. The van der Waals surface area contributed by atoms with Gasteiger partial charge < -0.3 is 43.4 Å². The molecule has 0 radical (unpaired) electrons. The number of aromatic nitrogens is 2. The van der Waals surface area contributed by atoms with Crippen molar-refractivity contribution in [1.82, 2.24) is 30.0 Å². The SMILES string of the molecule is COc1cc2nc3c(cc2c(OC)c1OC)CN(C(=O)CN1CCOC1=O)CCN(C(=O)c1coc(C)n1)CCC(=O)NCC1CCCN3C1. The van der Waals surface area contributed by atoms with Gasteiger partial charge in [0.15, 0.2) is 23.1 Å². The molecule has 3 aliphatic rings.